The van der Waals surface area contributed by atoms with Gasteiger partial charge >= 0.3 is 0 Å². The number of rotatable bonds is 2. The molecule has 2 atom stereocenters. The van der Waals surface area contributed by atoms with E-state index >= 15 is 0 Å². The number of nitrogens with zero attached hydrogens (tertiary/aromatic N) is 1. The van der Waals surface area contributed by atoms with Crippen LogP contribution >= 0.6 is 11.5 Å². The number of aliphatic hydroxyl groups is 1. The second-order valence-electron chi connectivity index (χ2n) is 2.82. The van der Waals surface area contributed by atoms with Gasteiger partial charge in [-0.3, -0.25) is 0 Å². The van der Waals surface area contributed by atoms with Gasteiger partial charge in [0.05, 0.1) is 5.69 Å². The van der Waals surface area contributed by atoms with Crippen molar-refractivity contribution in [2.24, 2.45) is 5.73 Å². The Morgan fingerprint density at radius 1 is 1.82 bits per heavy atom. The molecule has 0 saturated heterocycles. The summed E-state index contributed by atoms with van der Waals surface area (Å²) in [5.74, 6) is 0. The molecule has 0 bridgehead atoms. The molecule has 0 fully saturated rings. The normalized spacial score (nSPS) is 19.3. The Bertz CT molecular complexity index is 218. The largest absolute Gasteiger partial charge is 0.382 e. The van der Waals surface area contributed by atoms with E-state index in [-0.39, 0.29) is 6.04 Å². The number of aromatic nitrogens is 1. The molecule has 0 aliphatic rings. The summed E-state index contributed by atoms with van der Waals surface area (Å²) in [6.45, 7) is 3.44. The molecule has 1 aromatic rings. The topological polar surface area (TPSA) is 59.1 Å². The zero-order valence-electron chi connectivity index (χ0n) is 6.61. The van der Waals surface area contributed by atoms with Crippen molar-refractivity contribution < 1.29 is 5.11 Å². The number of hydrogen-bond donors (Lipinski definition) is 2. The fourth-order valence-electron chi connectivity index (χ4n) is 0.707. The summed E-state index contributed by atoms with van der Waals surface area (Å²) in [6.07, 6.45) is 0. The summed E-state index contributed by atoms with van der Waals surface area (Å²) < 4.78 is 4.02. The smallest absolute Gasteiger partial charge is 0.119 e. The molecule has 1 rings (SSSR count). The summed E-state index contributed by atoms with van der Waals surface area (Å²) in [5, 5.41) is 11.6. The highest BCUT2D eigenvalue weighted by atomic mass is 32.1. The van der Waals surface area contributed by atoms with Crippen LogP contribution in [-0.2, 0) is 5.60 Å². The Morgan fingerprint density at radius 3 is 2.82 bits per heavy atom. The molecular weight excluding hydrogens is 160 g/mol. The third-order valence-electron chi connectivity index (χ3n) is 1.84. The van der Waals surface area contributed by atoms with Gasteiger partial charge in [-0.15, -0.1) is 0 Å². The van der Waals surface area contributed by atoms with Gasteiger partial charge < -0.3 is 10.8 Å². The fourth-order valence-corrected chi connectivity index (χ4v) is 1.32. The van der Waals surface area contributed by atoms with Crippen LogP contribution in [0.15, 0.2) is 11.4 Å². The molecule has 11 heavy (non-hydrogen) atoms. The maximum atomic E-state index is 9.77. The van der Waals surface area contributed by atoms with Gasteiger partial charge in [-0.25, -0.2) is 0 Å². The van der Waals surface area contributed by atoms with E-state index in [0.29, 0.717) is 5.69 Å². The second-order valence-corrected chi connectivity index (χ2v) is 3.49. The van der Waals surface area contributed by atoms with Crippen molar-refractivity contribution >= 4 is 11.5 Å². The number of nitrogens with two attached hydrogens (primary N) is 1. The van der Waals surface area contributed by atoms with E-state index in [1.807, 2.05) is 5.38 Å². The van der Waals surface area contributed by atoms with E-state index in [9.17, 15) is 5.11 Å². The Morgan fingerprint density at radius 2 is 2.45 bits per heavy atom. The van der Waals surface area contributed by atoms with E-state index in [2.05, 4.69) is 4.37 Å². The van der Waals surface area contributed by atoms with Crippen molar-refractivity contribution in [2.75, 3.05) is 0 Å². The quantitative estimate of drug-likeness (QED) is 0.690. The van der Waals surface area contributed by atoms with E-state index in [1.165, 1.54) is 11.5 Å². The average molecular weight is 172 g/mol. The molecule has 0 amide bonds. The van der Waals surface area contributed by atoms with Crippen molar-refractivity contribution in [3.63, 3.8) is 0 Å². The maximum Gasteiger partial charge on any atom is 0.119 e. The van der Waals surface area contributed by atoms with Gasteiger partial charge in [0.15, 0.2) is 0 Å². The molecule has 1 aromatic heterocycles. The lowest BCUT2D eigenvalue weighted by atomic mass is 9.95. The van der Waals surface area contributed by atoms with Crippen LogP contribution in [0.4, 0.5) is 0 Å². The van der Waals surface area contributed by atoms with Crippen LogP contribution in [0.25, 0.3) is 0 Å². The highest BCUT2D eigenvalue weighted by molar-refractivity contribution is 7.03. The molecule has 0 aliphatic carbocycles. The third kappa shape index (κ3) is 1.58. The van der Waals surface area contributed by atoms with Crippen LogP contribution in [0.2, 0.25) is 0 Å². The predicted octanol–water partition coefficient (Wildman–Crippen LogP) is 0.698. The highest BCUT2D eigenvalue weighted by Crippen LogP contribution is 2.22. The van der Waals surface area contributed by atoms with Crippen molar-refractivity contribution in [3.8, 4) is 0 Å². The van der Waals surface area contributed by atoms with Crippen LogP contribution in [0.5, 0.6) is 0 Å². The van der Waals surface area contributed by atoms with E-state index in [1.54, 1.807) is 19.9 Å². The van der Waals surface area contributed by atoms with Gasteiger partial charge in [0, 0.05) is 11.4 Å². The van der Waals surface area contributed by atoms with Gasteiger partial charge in [-0.2, -0.15) is 4.37 Å². The zero-order valence-corrected chi connectivity index (χ0v) is 7.43. The minimum Gasteiger partial charge on any atom is -0.382 e. The van der Waals surface area contributed by atoms with E-state index < -0.39 is 5.60 Å². The lowest BCUT2D eigenvalue weighted by Gasteiger charge is -2.24. The summed E-state index contributed by atoms with van der Waals surface area (Å²) in [6, 6.07) is 1.48. The molecule has 3 nitrogen and oxygen atoms in total. The standard InChI is InChI=1S/C7H12N2OS/c1-5(8)7(2,10)6-3-4-11-9-6/h3-5,10H,8H2,1-2H3. The van der Waals surface area contributed by atoms with Crippen molar-refractivity contribution in [3.05, 3.63) is 17.1 Å². The molecule has 2 unspecified atom stereocenters. The second kappa shape index (κ2) is 2.89. The van der Waals surface area contributed by atoms with Crippen molar-refractivity contribution in [1.82, 2.24) is 4.37 Å². The van der Waals surface area contributed by atoms with Gasteiger partial charge in [0.1, 0.15) is 5.60 Å². The number of hydrogen-bond acceptors (Lipinski definition) is 4. The third-order valence-corrected chi connectivity index (χ3v) is 2.40. The summed E-state index contributed by atoms with van der Waals surface area (Å²) in [5.41, 5.74) is 5.23. The molecule has 62 valence electrons. The van der Waals surface area contributed by atoms with E-state index in [0.717, 1.165) is 0 Å². The molecule has 1 heterocycles. The molecular formula is C7H12N2OS. The molecule has 3 N–H and O–H groups in total. The van der Waals surface area contributed by atoms with Gasteiger partial charge in [-0.05, 0) is 31.4 Å². The lowest BCUT2D eigenvalue weighted by Crippen LogP contribution is -2.40. The summed E-state index contributed by atoms with van der Waals surface area (Å²) in [7, 11) is 0. The maximum absolute atomic E-state index is 9.77. The van der Waals surface area contributed by atoms with Gasteiger partial charge in [0.2, 0.25) is 0 Å². The van der Waals surface area contributed by atoms with Crippen LogP contribution < -0.4 is 5.73 Å². The van der Waals surface area contributed by atoms with Gasteiger partial charge in [-0.1, -0.05) is 0 Å². The summed E-state index contributed by atoms with van der Waals surface area (Å²) >= 11 is 1.32. The van der Waals surface area contributed by atoms with Crippen LogP contribution in [0.3, 0.4) is 0 Å². The monoisotopic (exact) mass is 172 g/mol. The van der Waals surface area contributed by atoms with Gasteiger partial charge in [0.25, 0.3) is 0 Å². The molecule has 0 radical (unpaired) electrons. The van der Waals surface area contributed by atoms with Crippen LogP contribution in [-0.4, -0.2) is 15.5 Å². The minimum absolute atomic E-state index is 0.301. The first-order valence-corrected chi connectivity index (χ1v) is 4.27. The summed E-state index contributed by atoms with van der Waals surface area (Å²) in [4.78, 5) is 0. The fraction of sp³-hybridized carbons (Fsp3) is 0.571. The first-order valence-electron chi connectivity index (χ1n) is 3.44. The predicted molar refractivity (Wildman–Crippen MR) is 45.3 cm³/mol. The molecule has 0 aromatic carbocycles. The first-order chi connectivity index (χ1) is 5.05. The zero-order chi connectivity index (χ0) is 8.48. The molecule has 0 spiro atoms. The van der Waals surface area contributed by atoms with Crippen molar-refractivity contribution in [1.29, 1.82) is 0 Å². The molecule has 0 saturated carbocycles. The highest BCUT2D eigenvalue weighted by Gasteiger charge is 2.29. The van der Waals surface area contributed by atoms with E-state index in [4.69, 9.17) is 5.73 Å². The van der Waals surface area contributed by atoms with Crippen LogP contribution in [0, 0.1) is 0 Å². The van der Waals surface area contributed by atoms with Crippen LogP contribution in [0.1, 0.15) is 19.5 Å². The minimum atomic E-state index is -1.00. The Labute approximate surface area is 70.0 Å². The molecule has 0 aliphatic heterocycles. The Hall–Kier alpha value is -0.450. The van der Waals surface area contributed by atoms with Crippen molar-refractivity contribution in [2.45, 2.75) is 25.5 Å². The average Bonchev–Trinajstić information content (AvgIpc) is 2.37. The Balaban J connectivity index is 2.90. The molecule has 4 heteroatoms. The SMILES string of the molecule is CC(N)C(C)(O)c1ccsn1. The lowest BCUT2D eigenvalue weighted by molar-refractivity contribution is 0.0315. The first kappa shape index (κ1) is 8.64. The Kier molecular flexibility index (Phi) is 2.27.